The van der Waals surface area contributed by atoms with Crippen molar-refractivity contribution >= 4 is 5.91 Å². The van der Waals surface area contributed by atoms with E-state index in [2.05, 4.69) is 24.5 Å². The zero-order valence-electron chi connectivity index (χ0n) is 11.0. The summed E-state index contributed by atoms with van der Waals surface area (Å²) in [5.74, 6) is 1.14. The lowest BCUT2D eigenvalue weighted by atomic mass is 9.93. The van der Waals surface area contributed by atoms with E-state index in [1.807, 2.05) is 0 Å². The summed E-state index contributed by atoms with van der Waals surface area (Å²) < 4.78 is 0. The molecule has 17 heavy (non-hydrogen) atoms. The minimum atomic E-state index is -0.0228. The Bertz CT molecular complexity index is 233. The van der Waals surface area contributed by atoms with Crippen molar-refractivity contribution in [3.8, 4) is 0 Å². The molecule has 1 amide bonds. The Labute approximate surface area is 104 Å². The van der Waals surface area contributed by atoms with E-state index >= 15 is 0 Å². The molecule has 1 saturated heterocycles. The first kappa shape index (κ1) is 14.5. The molecule has 1 aliphatic heterocycles. The number of rotatable bonds is 6. The van der Waals surface area contributed by atoms with Crippen molar-refractivity contribution in [3.63, 3.8) is 0 Å². The van der Waals surface area contributed by atoms with Gasteiger partial charge in [0.1, 0.15) is 0 Å². The molecule has 4 heteroatoms. The smallest absolute Gasteiger partial charge is 0.237 e. The van der Waals surface area contributed by atoms with Crippen molar-refractivity contribution < 1.29 is 9.90 Å². The predicted octanol–water partition coefficient (Wildman–Crippen LogP) is 0.899. The second-order valence-electron chi connectivity index (χ2n) is 5.17. The van der Waals surface area contributed by atoms with Crippen LogP contribution in [0.4, 0.5) is 0 Å². The van der Waals surface area contributed by atoms with E-state index in [9.17, 15) is 4.79 Å². The van der Waals surface area contributed by atoms with E-state index in [1.54, 1.807) is 0 Å². The first-order valence-corrected chi connectivity index (χ1v) is 6.79. The van der Waals surface area contributed by atoms with Crippen molar-refractivity contribution in [1.82, 2.24) is 10.6 Å². The number of nitrogens with one attached hydrogen (secondary N) is 2. The predicted molar refractivity (Wildman–Crippen MR) is 68.7 cm³/mol. The molecular weight excluding hydrogens is 216 g/mol. The van der Waals surface area contributed by atoms with Gasteiger partial charge < -0.3 is 15.7 Å². The molecule has 100 valence electrons. The highest BCUT2D eigenvalue weighted by Gasteiger charge is 2.24. The van der Waals surface area contributed by atoms with Crippen LogP contribution in [-0.2, 0) is 4.79 Å². The summed E-state index contributed by atoms with van der Waals surface area (Å²) in [5.41, 5.74) is 0. The van der Waals surface area contributed by atoms with E-state index in [1.165, 1.54) is 0 Å². The lowest BCUT2D eigenvalue weighted by molar-refractivity contribution is -0.124. The summed E-state index contributed by atoms with van der Waals surface area (Å²) in [5, 5.41) is 15.1. The van der Waals surface area contributed by atoms with Crippen molar-refractivity contribution in [1.29, 1.82) is 0 Å². The molecular formula is C13H26N2O2. The molecule has 0 aliphatic carbocycles. The molecule has 1 rings (SSSR count). The Morgan fingerprint density at radius 3 is 2.94 bits per heavy atom. The quantitative estimate of drug-likeness (QED) is 0.648. The largest absolute Gasteiger partial charge is 0.396 e. The lowest BCUT2D eigenvalue weighted by Gasteiger charge is -2.27. The van der Waals surface area contributed by atoms with Gasteiger partial charge in [-0.15, -0.1) is 0 Å². The molecule has 3 unspecified atom stereocenters. The third kappa shape index (κ3) is 5.04. The number of amides is 1. The summed E-state index contributed by atoms with van der Waals surface area (Å²) in [4.78, 5) is 11.9. The number of carbonyl (C=O) groups excluding carboxylic acids is 1. The average molecular weight is 242 g/mol. The molecule has 0 spiro atoms. The van der Waals surface area contributed by atoms with Gasteiger partial charge in [0.15, 0.2) is 0 Å². The molecule has 0 radical (unpaired) electrons. The second-order valence-corrected chi connectivity index (χ2v) is 5.17. The molecule has 0 aromatic heterocycles. The van der Waals surface area contributed by atoms with Crippen LogP contribution in [-0.4, -0.2) is 36.8 Å². The zero-order chi connectivity index (χ0) is 12.7. The molecule has 4 nitrogen and oxygen atoms in total. The summed E-state index contributed by atoms with van der Waals surface area (Å²) in [6.07, 6.45) is 3.86. The van der Waals surface area contributed by atoms with Crippen LogP contribution < -0.4 is 10.6 Å². The van der Waals surface area contributed by atoms with Gasteiger partial charge in [-0.25, -0.2) is 0 Å². The van der Waals surface area contributed by atoms with Crippen LogP contribution in [0, 0.1) is 11.8 Å². The standard InChI is InChI=1S/C13H26N2O2/c1-3-11(5-7-16)9-15-13(17)12-8-10(2)4-6-14-12/h10-12,14,16H,3-9H2,1-2H3,(H,15,17). The van der Waals surface area contributed by atoms with Gasteiger partial charge in [0.05, 0.1) is 6.04 Å². The van der Waals surface area contributed by atoms with Crippen molar-refractivity contribution in [3.05, 3.63) is 0 Å². The van der Waals surface area contributed by atoms with Crippen molar-refractivity contribution in [2.45, 2.75) is 45.6 Å². The number of aliphatic hydroxyl groups excluding tert-OH is 1. The van der Waals surface area contributed by atoms with Gasteiger partial charge in [-0.2, -0.15) is 0 Å². The third-order valence-electron chi connectivity index (χ3n) is 3.66. The highest BCUT2D eigenvalue weighted by Crippen LogP contribution is 2.15. The summed E-state index contributed by atoms with van der Waals surface area (Å²) in [6.45, 7) is 6.11. The third-order valence-corrected chi connectivity index (χ3v) is 3.66. The fourth-order valence-electron chi connectivity index (χ4n) is 2.31. The van der Waals surface area contributed by atoms with Crippen LogP contribution in [0.25, 0.3) is 0 Å². The van der Waals surface area contributed by atoms with Crippen molar-refractivity contribution in [2.24, 2.45) is 11.8 Å². The fraction of sp³-hybridized carbons (Fsp3) is 0.923. The second kappa shape index (κ2) is 7.67. The molecule has 1 aliphatic rings. The van der Waals surface area contributed by atoms with Gasteiger partial charge in [-0.1, -0.05) is 20.3 Å². The zero-order valence-corrected chi connectivity index (χ0v) is 11.0. The number of piperidine rings is 1. The Kier molecular flexibility index (Phi) is 6.52. The summed E-state index contributed by atoms with van der Waals surface area (Å²) in [6, 6.07) is -0.0228. The summed E-state index contributed by atoms with van der Waals surface area (Å²) >= 11 is 0. The van der Waals surface area contributed by atoms with Gasteiger partial charge >= 0.3 is 0 Å². The SMILES string of the molecule is CCC(CCO)CNC(=O)C1CC(C)CCN1. The number of hydrogen-bond acceptors (Lipinski definition) is 3. The Morgan fingerprint density at radius 2 is 2.35 bits per heavy atom. The highest BCUT2D eigenvalue weighted by atomic mass is 16.3. The van der Waals surface area contributed by atoms with Crippen LogP contribution in [0.3, 0.4) is 0 Å². The van der Waals surface area contributed by atoms with E-state index in [-0.39, 0.29) is 18.6 Å². The Hall–Kier alpha value is -0.610. The van der Waals surface area contributed by atoms with Gasteiger partial charge in [0, 0.05) is 13.2 Å². The Balaban J connectivity index is 2.28. The molecule has 1 fully saturated rings. The highest BCUT2D eigenvalue weighted by molar-refractivity contribution is 5.81. The molecule has 0 aromatic carbocycles. The van der Waals surface area contributed by atoms with E-state index < -0.39 is 0 Å². The average Bonchev–Trinajstić information content (AvgIpc) is 2.34. The van der Waals surface area contributed by atoms with E-state index in [0.717, 1.165) is 32.2 Å². The number of aliphatic hydroxyl groups is 1. The van der Waals surface area contributed by atoms with Gasteiger partial charge in [0.25, 0.3) is 0 Å². The van der Waals surface area contributed by atoms with Crippen LogP contribution in [0.5, 0.6) is 0 Å². The van der Waals surface area contributed by atoms with Crippen LogP contribution >= 0.6 is 0 Å². The normalized spacial score (nSPS) is 26.5. The van der Waals surface area contributed by atoms with Crippen LogP contribution in [0.1, 0.15) is 39.5 Å². The maximum atomic E-state index is 11.9. The van der Waals surface area contributed by atoms with Gasteiger partial charge in [0.2, 0.25) is 5.91 Å². The number of carbonyl (C=O) groups is 1. The van der Waals surface area contributed by atoms with E-state index in [0.29, 0.717) is 18.4 Å². The van der Waals surface area contributed by atoms with Crippen LogP contribution in [0.15, 0.2) is 0 Å². The molecule has 0 aromatic rings. The first-order chi connectivity index (χ1) is 8.17. The molecule has 1 heterocycles. The van der Waals surface area contributed by atoms with Crippen LogP contribution in [0.2, 0.25) is 0 Å². The maximum absolute atomic E-state index is 11.9. The lowest BCUT2D eigenvalue weighted by Crippen LogP contribution is -2.49. The molecule has 0 bridgehead atoms. The summed E-state index contributed by atoms with van der Waals surface area (Å²) in [7, 11) is 0. The van der Waals surface area contributed by atoms with Gasteiger partial charge in [-0.05, 0) is 37.6 Å². The topological polar surface area (TPSA) is 61.4 Å². The number of hydrogen-bond donors (Lipinski definition) is 3. The molecule has 3 N–H and O–H groups in total. The van der Waals surface area contributed by atoms with Gasteiger partial charge in [-0.3, -0.25) is 4.79 Å². The monoisotopic (exact) mass is 242 g/mol. The minimum Gasteiger partial charge on any atom is -0.396 e. The Morgan fingerprint density at radius 1 is 1.59 bits per heavy atom. The van der Waals surface area contributed by atoms with Crippen molar-refractivity contribution in [2.75, 3.05) is 19.7 Å². The first-order valence-electron chi connectivity index (χ1n) is 6.79. The van der Waals surface area contributed by atoms with E-state index in [4.69, 9.17) is 5.11 Å². The molecule has 3 atom stereocenters. The fourth-order valence-corrected chi connectivity index (χ4v) is 2.31. The maximum Gasteiger partial charge on any atom is 0.237 e. The minimum absolute atomic E-state index is 0.0228. The molecule has 0 saturated carbocycles.